The fraction of sp³-hybridized carbons (Fsp3) is 0.238. The predicted octanol–water partition coefficient (Wildman–Crippen LogP) is 4.19. The van der Waals surface area contributed by atoms with Gasteiger partial charge in [0.05, 0.1) is 16.4 Å². The van der Waals surface area contributed by atoms with Gasteiger partial charge < -0.3 is 10.2 Å². The van der Waals surface area contributed by atoms with Crippen molar-refractivity contribution in [1.29, 1.82) is 0 Å². The topological polar surface area (TPSA) is 88.4 Å². The zero-order chi connectivity index (χ0) is 20.5. The molecule has 1 aliphatic rings. The number of nitrogens with one attached hydrogen (secondary N) is 1. The first-order valence-corrected chi connectivity index (χ1v) is 9.25. The summed E-state index contributed by atoms with van der Waals surface area (Å²) in [6, 6.07) is 9.30. The number of fused-ring (bicyclic) bond motifs is 2. The van der Waals surface area contributed by atoms with E-state index in [-0.39, 0.29) is 23.5 Å². The highest BCUT2D eigenvalue weighted by Crippen LogP contribution is 2.35. The maximum atomic E-state index is 13.8. The lowest BCUT2D eigenvalue weighted by molar-refractivity contribution is -0.383. The number of non-ortho nitro benzene ring substituents is 1. The van der Waals surface area contributed by atoms with Gasteiger partial charge in [0, 0.05) is 49.5 Å². The van der Waals surface area contributed by atoms with E-state index in [2.05, 4.69) is 10.3 Å². The molecule has 148 valence electrons. The number of pyridine rings is 1. The molecule has 1 atom stereocenters. The molecule has 1 N–H and O–H groups in total. The summed E-state index contributed by atoms with van der Waals surface area (Å²) in [5, 5.41) is 15.9. The Morgan fingerprint density at radius 3 is 2.86 bits per heavy atom. The lowest BCUT2D eigenvalue weighted by Crippen LogP contribution is -2.28. The zero-order valence-corrected chi connectivity index (χ0v) is 15.8. The van der Waals surface area contributed by atoms with Gasteiger partial charge in [0.1, 0.15) is 5.82 Å². The number of nitro benzene ring substituents is 1. The van der Waals surface area contributed by atoms with Crippen molar-refractivity contribution in [3.8, 4) is 0 Å². The van der Waals surface area contributed by atoms with Crippen LogP contribution in [0.2, 0.25) is 0 Å². The number of halogens is 1. The summed E-state index contributed by atoms with van der Waals surface area (Å²) in [5.74, 6) is -0.410. The minimum atomic E-state index is -0.428. The van der Waals surface area contributed by atoms with Crippen LogP contribution in [0.1, 0.15) is 30.5 Å². The number of benzene rings is 2. The number of nitro groups is 1. The Kier molecular flexibility index (Phi) is 4.84. The number of aromatic nitrogens is 1. The fourth-order valence-corrected chi connectivity index (χ4v) is 3.84. The molecule has 0 saturated carbocycles. The first kappa shape index (κ1) is 18.8. The third-order valence-electron chi connectivity index (χ3n) is 5.30. The van der Waals surface area contributed by atoms with E-state index < -0.39 is 4.92 Å². The molecule has 2 aromatic carbocycles. The Morgan fingerprint density at radius 1 is 1.28 bits per heavy atom. The molecule has 0 bridgehead atoms. The van der Waals surface area contributed by atoms with Crippen molar-refractivity contribution in [1.82, 2.24) is 9.88 Å². The molecule has 29 heavy (non-hydrogen) atoms. The van der Waals surface area contributed by atoms with Crippen LogP contribution in [0.4, 0.5) is 15.8 Å². The van der Waals surface area contributed by atoms with Gasteiger partial charge in [-0.2, -0.15) is 0 Å². The molecule has 1 aliphatic heterocycles. The van der Waals surface area contributed by atoms with Crippen LogP contribution in [0.25, 0.3) is 10.8 Å². The molecule has 0 radical (unpaired) electrons. The number of carbonyl (C=O) groups is 1. The minimum Gasteiger partial charge on any atom is -0.378 e. The van der Waals surface area contributed by atoms with Gasteiger partial charge in [-0.05, 0) is 41.8 Å². The van der Waals surface area contributed by atoms with Gasteiger partial charge in [-0.3, -0.25) is 19.9 Å². The fourth-order valence-electron chi connectivity index (χ4n) is 3.84. The summed E-state index contributed by atoms with van der Waals surface area (Å²) in [5.41, 5.74) is 2.38. The number of nitrogens with zero attached hydrogens (tertiary/aromatic N) is 3. The Hall–Kier alpha value is -3.55. The number of hydrogen-bond donors (Lipinski definition) is 1. The van der Waals surface area contributed by atoms with Crippen LogP contribution in [-0.2, 0) is 11.3 Å². The van der Waals surface area contributed by atoms with E-state index in [9.17, 15) is 19.3 Å². The molecule has 0 fully saturated rings. The zero-order valence-electron chi connectivity index (χ0n) is 15.8. The standard InChI is InChI=1S/C21H19FN4O3/c1-13(27)25-9-7-20(16-3-2-15(22)10-14(16)12-25)24-19-4-5-21(26(28)29)18-11-23-8-6-17(18)19/h2-6,8,10-11,20,24H,7,9,12H2,1H3. The van der Waals surface area contributed by atoms with Crippen LogP contribution in [-0.4, -0.2) is 27.3 Å². The first-order valence-electron chi connectivity index (χ1n) is 9.25. The predicted molar refractivity (Wildman–Crippen MR) is 107 cm³/mol. The number of anilines is 1. The third kappa shape index (κ3) is 3.61. The molecule has 1 aromatic heterocycles. The van der Waals surface area contributed by atoms with Crippen molar-refractivity contribution < 1.29 is 14.1 Å². The van der Waals surface area contributed by atoms with E-state index in [0.29, 0.717) is 30.3 Å². The van der Waals surface area contributed by atoms with Crippen LogP contribution in [0, 0.1) is 15.9 Å². The molecule has 0 aliphatic carbocycles. The number of rotatable bonds is 3. The average Bonchev–Trinajstić information content (AvgIpc) is 2.87. The van der Waals surface area contributed by atoms with Gasteiger partial charge in [0.15, 0.2) is 0 Å². The lowest BCUT2D eigenvalue weighted by Gasteiger charge is -2.21. The van der Waals surface area contributed by atoms with Gasteiger partial charge in [0.2, 0.25) is 5.91 Å². The average molecular weight is 394 g/mol. The smallest absolute Gasteiger partial charge is 0.278 e. The van der Waals surface area contributed by atoms with E-state index in [1.54, 1.807) is 29.3 Å². The second kappa shape index (κ2) is 7.46. The van der Waals surface area contributed by atoms with Gasteiger partial charge in [-0.25, -0.2) is 4.39 Å². The van der Waals surface area contributed by atoms with Gasteiger partial charge in [-0.15, -0.1) is 0 Å². The lowest BCUT2D eigenvalue weighted by atomic mass is 9.98. The Bertz CT molecular complexity index is 1120. The minimum absolute atomic E-state index is 0.00950. The Morgan fingerprint density at radius 2 is 2.10 bits per heavy atom. The van der Waals surface area contributed by atoms with Crippen molar-refractivity contribution in [2.75, 3.05) is 11.9 Å². The van der Waals surface area contributed by atoms with E-state index in [4.69, 9.17) is 0 Å². The Balaban J connectivity index is 1.76. The molecule has 3 aromatic rings. The van der Waals surface area contributed by atoms with Crippen molar-refractivity contribution in [2.45, 2.75) is 25.9 Å². The van der Waals surface area contributed by atoms with E-state index in [1.165, 1.54) is 31.3 Å². The Labute approximate surface area is 166 Å². The molecular weight excluding hydrogens is 375 g/mol. The highest BCUT2D eigenvalue weighted by Gasteiger charge is 2.25. The van der Waals surface area contributed by atoms with E-state index in [0.717, 1.165) is 16.8 Å². The maximum Gasteiger partial charge on any atom is 0.278 e. The summed E-state index contributed by atoms with van der Waals surface area (Å²) in [7, 11) is 0. The molecule has 7 nitrogen and oxygen atoms in total. The molecule has 2 heterocycles. The largest absolute Gasteiger partial charge is 0.378 e. The van der Waals surface area contributed by atoms with Crippen LogP contribution in [0.15, 0.2) is 48.8 Å². The van der Waals surface area contributed by atoms with Crippen molar-refractivity contribution in [2.24, 2.45) is 0 Å². The van der Waals surface area contributed by atoms with Crippen LogP contribution in [0.3, 0.4) is 0 Å². The number of amides is 1. The second-order valence-electron chi connectivity index (χ2n) is 7.08. The molecule has 1 unspecified atom stereocenters. The van der Waals surface area contributed by atoms with Crippen molar-refractivity contribution in [3.63, 3.8) is 0 Å². The van der Waals surface area contributed by atoms with Crippen LogP contribution >= 0.6 is 0 Å². The maximum absolute atomic E-state index is 13.8. The summed E-state index contributed by atoms with van der Waals surface area (Å²) in [6.45, 7) is 2.38. The molecule has 4 rings (SSSR count). The highest BCUT2D eigenvalue weighted by molar-refractivity contribution is 5.99. The van der Waals surface area contributed by atoms with Crippen LogP contribution in [0.5, 0.6) is 0 Å². The van der Waals surface area contributed by atoms with Gasteiger partial charge >= 0.3 is 0 Å². The summed E-state index contributed by atoms with van der Waals surface area (Å²) in [6.07, 6.45) is 3.69. The SMILES string of the molecule is CC(=O)N1CCC(Nc2ccc([N+](=O)[O-])c3cnccc23)c2ccc(F)cc2C1. The van der Waals surface area contributed by atoms with Gasteiger partial charge in [-0.1, -0.05) is 6.07 Å². The van der Waals surface area contributed by atoms with Crippen molar-refractivity contribution in [3.05, 3.63) is 75.9 Å². The molecule has 1 amide bonds. The monoisotopic (exact) mass is 394 g/mol. The second-order valence-corrected chi connectivity index (χ2v) is 7.08. The van der Waals surface area contributed by atoms with E-state index >= 15 is 0 Å². The summed E-state index contributed by atoms with van der Waals surface area (Å²) in [4.78, 5) is 28.5. The quantitative estimate of drug-likeness (QED) is 0.532. The summed E-state index contributed by atoms with van der Waals surface area (Å²) >= 11 is 0. The molecule has 0 saturated heterocycles. The highest BCUT2D eigenvalue weighted by atomic mass is 19.1. The summed E-state index contributed by atoms with van der Waals surface area (Å²) < 4.78 is 13.8. The molecule has 0 spiro atoms. The number of carbonyl (C=O) groups excluding carboxylic acids is 1. The first-order chi connectivity index (χ1) is 13.9. The number of hydrogen-bond acceptors (Lipinski definition) is 5. The normalized spacial score (nSPS) is 16.2. The van der Waals surface area contributed by atoms with Gasteiger partial charge in [0.25, 0.3) is 5.69 Å². The van der Waals surface area contributed by atoms with E-state index in [1.807, 2.05) is 0 Å². The molecule has 8 heteroatoms. The van der Waals surface area contributed by atoms with Crippen molar-refractivity contribution >= 4 is 28.1 Å². The van der Waals surface area contributed by atoms with Crippen LogP contribution < -0.4 is 5.32 Å². The third-order valence-corrected chi connectivity index (χ3v) is 5.30. The molecular formula is C21H19FN4O3.